The molecule has 0 aromatic rings. The Hall–Kier alpha value is -2.72. The monoisotopic (exact) mass is 217 g/mol. The van der Waals surface area contributed by atoms with Crippen molar-refractivity contribution in [2.24, 2.45) is 0 Å². The lowest BCUT2D eigenvalue weighted by atomic mass is 10.5. The van der Waals surface area contributed by atoms with Crippen molar-refractivity contribution in [3.63, 3.8) is 0 Å². The van der Waals surface area contributed by atoms with Gasteiger partial charge in [-0.25, -0.2) is 9.59 Å². The van der Waals surface area contributed by atoms with Crippen molar-refractivity contribution < 1.29 is 19.4 Å². The molecule has 3 N–H and O–H groups in total. The van der Waals surface area contributed by atoms with Crippen molar-refractivity contribution in [2.45, 2.75) is 0 Å². The highest BCUT2D eigenvalue weighted by Gasteiger charge is 2.37. The first-order valence-electron chi connectivity index (χ1n) is 3.34. The zero-order chi connectivity index (χ0) is 11.6. The molecule has 0 bridgehead atoms. The van der Waals surface area contributed by atoms with E-state index in [9.17, 15) is 29.8 Å². The van der Waals surface area contributed by atoms with Gasteiger partial charge in [-0.15, -0.1) is 0 Å². The Morgan fingerprint density at radius 3 is 1.67 bits per heavy atom. The van der Waals surface area contributed by atoms with Gasteiger partial charge >= 0.3 is 17.9 Å². The van der Waals surface area contributed by atoms with Crippen LogP contribution in [0, 0.1) is 20.2 Å². The van der Waals surface area contributed by atoms with E-state index in [1.807, 2.05) is 0 Å². The summed E-state index contributed by atoms with van der Waals surface area (Å²) >= 11 is 0. The van der Waals surface area contributed by atoms with Crippen LogP contribution in [0.5, 0.6) is 0 Å². The summed E-state index contributed by atoms with van der Waals surface area (Å²) in [6.07, 6.45) is 0. The van der Waals surface area contributed by atoms with E-state index >= 15 is 0 Å². The Morgan fingerprint density at radius 1 is 0.933 bits per heavy atom. The van der Waals surface area contributed by atoms with Gasteiger partial charge in [0.1, 0.15) is 9.85 Å². The molecule has 0 aliphatic carbocycles. The maximum absolute atomic E-state index is 10.7. The first kappa shape index (κ1) is 10.4. The third kappa shape index (κ3) is 2.15. The molecular formula is C4H3N5O6. The van der Waals surface area contributed by atoms with Crippen molar-refractivity contribution in [1.82, 2.24) is 16.0 Å². The second-order valence-electron chi connectivity index (χ2n) is 2.25. The molecular weight excluding hydrogens is 214 g/mol. The van der Waals surface area contributed by atoms with Gasteiger partial charge in [-0.3, -0.25) is 36.2 Å². The molecule has 1 aliphatic heterocycles. The minimum atomic E-state index is -1.52. The van der Waals surface area contributed by atoms with Crippen LogP contribution in [0.1, 0.15) is 0 Å². The Morgan fingerprint density at radius 2 is 1.33 bits per heavy atom. The molecule has 15 heavy (non-hydrogen) atoms. The van der Waals surface area contributed by atoms with Gasteiger partial charge in [-0.2, -0.15) is 0 Å². The van der Waals surface area contributed by atoms with Crippen LogP contribution in [-0.2, 0) is 0 Å². The molecule has 1 fully saturated rings. The summed E-state index contributed by atoms with van der Waals surface area (Å²) in [5.74, 6) is -2.39. The topological polar surface area (TPSA) is 157 Å². The number of urea groups is 2. The van der Waals surface area contributed by atoms with E-state index in [-0.39, 0.29) is 0 Å². The van der Waals surface area contributed by atoms with Gasteiger partial charge in [0.05, 0.1) is 0 Å². The average Bonchev–Trinajstić information content (AvgIpc) is 1.99. The van der Waals surface area contributed by atoms with Crippen LogP contribution in [0.15, 0.2) is 11.6 Å². The highest BCUT2D eigenvalue weighted by molar-refractivity contribution is 5.97. The molecule has 1 aliphatic rings. The summed E-state index contributed by atoms with van der Waals surface area (Å²) < 4.78 is 0. The molecule has 1 rings (SSSR count). The Bertz CT molecular complexity index is 364. The van der Waals surface area contributed by atoms with Crippen LogP contribution >= 0.6 is 0 Å². The smallest absolute Gasteiger partial charge is 0.282 e. The summed E-state index contributed by atoms with van der Waals surface area (Å²) in [4.78, 5) is 39.2. The second-order valence-corrected chi connectivity index (χ2v) is 2.25. The van der Waals surface area contributed by atoms with Crippen molar-refractivity contribution >= 4 is 12.1 Å². The molecule has 0 aromatic heterocycles. The summed E-state index contributed by atoms with van der Waals surface area (Å²) in [7, 11) is 0. The first-order chi connectivity index (χ1) is 6.91. The van der Waals surface area contributed by atoms with Gasteiger partial charge < -0.3 is 0 Å². The summed E-state index contributed by atoms with van der Waals surface area (Å²) in [6, 6.07) is -2.18. The van der Waals surface area contributed by atoms with Crippen LogP contribution in [0.3, 0.4) is 0 Å². The Balaban J connectivity index is 3.14. The highest BCUT2D eigenvalue weighted by Crippen LogP contribution is 2.02. The molecule has 1 saturated heterocycles. The molecule has 4 amide bonds. The largest absolute Gasteiger partial charge is 0.600 e. The van der Waals surface area contributed by atoms with Crippen LogP contribution in [0.4, 0.5) is 9.59 Å². The van der Waals surface area contributed by atoms with E-state index in [1.54, 1.807) is 16.0 Å². The molecule has 80 valence electrons. The number of hydrogen-bond donors (Lipinski definition) is 3. The third-order valence-corrected chi connectivity index (χ3v) is 1.27. The molecule has 0 aromatic carbocycles. The van der Waals surface area contributed by atoms with Crippen LogP contribution in [0.2, 0.25) is 0 Å². The van der Waals surface area contributed by atoms with Crippen molar-refractivity contribution in [1.29, 1.82) is 0 Å². The molecule has 0 unspecified atom stereocenters. The average molecular weight is 217 g/mol. The number of amides is 4. The number of imide groups is 1. The zero-order valence-corrected chi connectivity index (χ0v) is 6.84. The summed E-state index contributed by atoms with van der Waals surface area (Å²) in [5, 5.41) is 25.6. The van der Waals surface area contributed by atoms with Gasteiger partial charge in [0.15, 0.2) is 0 Å². The quantitative estimate of drug-likeness (QED) is 0.384. The molecule has 0 spiro atoms. The first-order valence-corrected chi connectivity index (χ1v) is 3.34. The van der Waals surface area contributed by atoms with E-state index in [2.05, 4.69) is 0 Å². The zero-order valence-electron chi connectivity index (χ0n) is 6.84. The van der Waals surface area contributed by atoms with Crippen molar-refractivity contribution in [3.8, 4) is 0 Å². The molecule has 0 radical (unpaired) electrons. The van der Waals surface area contributed by atoms with E-state index in [4.69, 9.17) is 0 Å². The molecule has 0 saturated carbocycles. The van der Waals surface area contributed by atoms with E-state index in [0.29, 0.717) is 0 Å². The fourth-order valence-corrected chi connectivity index (χ4v) is 0.785. The Labute approximate surface area is 80.4 Å². The number of rotatable bonds is 2. The second kappa shape index (κ2) is 3.57. The van der Waals surface area contributed by atoms with E-state index < -0.39 is 33.6 Å². The fourth-order valence-electron chi connectivity index (χ4n) is 0.785. The normalized spacial score (nSPS) is 14.8. The highest BCUT2D eigenvalue weighted by atomic mass is 16.7. The minimum absolute atomic E-state index is 0.876. The number of nitro groups is 2. The van der Waals surface area contributed by atoms with Gasteiger partial charge in [0.25, 0.3) is 5.82 Å². The summed E-state index contributed by atoms with van der Waals surface area (Å²) in [6.45, 7) is 0. The van der Waals surface area contributed by atoms with E-state index in [1.165, 1.54) is 0 Å². The number of nitrogens with one attached hydrogen (secondary N) is 3. The number of hydrogen-bond acceptors (Lipinski definition) is 6. The van der Waals surface area contributed by atoms with Gasteiger partial charge in [0, 0.05) is 0 Å². The standard InChI is InChI=1S/C4H3N5O6/c10-3-5-1(6-4(11)7-3)2(8(12)13)9(14)15/h(H3,5,6,7,10,11). The van der Waals surface area contributed by atoms with Crippen LogP contribution in [-0.4, -0.2) is 21.9 Å². The molecule has 11 nitrogen and oxygen atoms in total. The van der Waals surface area contributed by atoms with Gasteiger partial charge in [0.2, 0.25) is 0 Å². The molecule has 1 heterocycles. The summed E-state index contributed by atoms with van der Waals surface area (Å²) in [5.41, 5.74) is 0. The molecule has 0 atom stereocenters. The SMILES string of the molecule is O=C1NC(=O)NC(=C([N+](=O)[O-])[N+](=O)[O-])N1. The number of carbonyl (C=O) groups is 2. The maximum Gasteiger partial charge on any atom is 0.600 e. The van der Waals surface area contributed by atoms with Crippen molar-refractivity contribution in [3.05, 3.63) is 31.9 Å². The predicted molar refractivity (Wildman–Crippen MR) is 41.2 cm³/mol. The van der Waals surface area contributed by atoms with Gasteiger partial charge in [-0.05, 0) is 0 Å². The Kier molecular flexibility index (Phi) is 2.46. The van der Waals surface area contributed by atoms with Crippen molar-refractivity contribution in [2.75, 3.05) is 0 Å². The number of nitrogens with zero attached hydrogens (tertiary/aromatic N) is 2. The van der Waals surface area contributed by atoms with E-state index in [0.717, 1.165) is 0 Å². The van der Waals surface area contributed by atoms with Crippen LogP contribution < -0.4 is 16.0 Å². The maximum atomic E-state index is 10.7. The number of carbonyl (C=O) groups excluding carboxylic acids is 2. The predicted octanol–water partition coefficient (Wildman–Crippen LogP) is -1.31. The lowest BCUT2D eigenvalue weighted by molar-refractivity contribution is -0.617. The van der Waals surface area contributed by atoms with Crippen LogP contribution in [0.25, 0.3) is 0 Å². The third-order valence-electron chi connectivity index (χ3n) is 1.27. The molecule has 11 heteroatoms. The lowest BCUT2D eigenvalue weighted by Crippen LogP contribution is -2.54. The lowest BCUT2D eigenvalue weighted by Gasteiger charge is -2.14. The fraction of sp³-hybridized carbons (Fsp3) is 0. The minimum Gasteiger partial charge on any atom is -0.282 e. The van der Waals surface area contributed by atoms with Gasteiger partial charge in [-0.1, -0.05) is 0 Å².